The molecule has 112 valence electrons. The molecule has 4 aliphatic rings. The summed E-state index contributed by atoms with van der Waals surface area (Å²) in [5.74, 6) is 0.944. The zero-order valence-electron chi connectivity index (χ0n) is 12.3. The van der Waals surface area contributed by atoms with E-state index in [1.165, 1.54) is 6.42 Å². The van der Waals surface area contributed by atoms with Crippen LogP contribution in [0, 0.1) is 17.3 Å². The van der Waals surface area contributed by atoms with E-state index in [1.54, 1.807) is 0 Å². The highest BCUT2D eigenvalue weighted by Gasteiger charge is 2.60. The van der Waals surface area contributed by atoms with Crippen LogP contribution >= 0.6 is 0 Å². The van der Waals surface area contributed by atoms with Gasteiger partial charge in [0, 0.05) is 0 Å². The number of carbonyl (C=O) groups is 1. The van der Waals surface area contributed by atoms with Gasteiger partial charge in [0.25, 0.3) is 0 Å². The maximum atomic E-state index is 12.7. The third kappa shape index (κ3) is 2.28. The molecule has 0 heterocycles. The molecule has 0 amide bonds. The summed E-state index contributed by atoms with van der Waals surface area (Å²) in [5, 5.41) is 10.7. The summed E-state index contributed by atoms with van der Waals surface area (Å²) >= 11 is 0. The lowest BCUT2D eigenvalue weighted by Crippen LogP contribution is -2.58. The van der Waals surface area contributed by atoms with Gasteiger partial charge in [-0.1, -0.05) is 30.3 Å². The molecular weight excluding hydrogens is 264 g/mol. The summed E-state index contributed by atoms with van der Waals surface area (Å²) in [6, 6.07) is 9.81. The number of hydrogen-bond donors (Lipinski definition) is 1. The molecule has 4 saturated carbocycles. The van der Waals surface area contributed by atoms with E-state index in [0.29, 0.717) is 24.9 Å². The van der Waals surface area contributed by atoms with Gasteiger partial charge < -0.3 is 9.84 Å². The fourth-order valence-electron chi connectivity index (χ4n) is 5.33. The molecule has 4 fully saturated rings. The summed E-state index contributed by atoms with van der Waals surface area (Å²) in [6.07, 6.45) is 5.41. The Bertz CT molecular complexity index is 537. The van der Waals surface area contributed by atoms with Crippen LogP contribution in [0.2, 0.25) is 0 Å². The Morgan fingerprint density at radius 2 is 1.81 bits per heavy atom. The highest BCUT2D eigenvalue weighted by atomic mass is 16.5. The molecule has 3 nitrogen and oxygen atoms in total. The molecule has 2 unspecified atom stereocenters. The lowest BCUT2D eigenvalue weighted by molar-refractivity contribution is -0.197. The van der Waals surface area contributed by atoms with Gasteiger partial charge in [0.15, 0.2) is 0 Å². The Labute approximate surface area is 125 Å². The van der Waals surface area contributed by atoms with Crippen LogP contribution in [-0.4, -0.2) is 16.7 Å². The first-order valence-corrected chi connectivity index (χ1v) is 8.01. The first-order chi connectivity index (χ1) is 10.1. The lowest BCUT2D eigenvalue weighted by atomic mass is 9.48. The zero-order chi connectivity index (χ0) is 14.5. The van der Waals surface area contributed by atoms with Crippen molar-refractivity contribution >= 4 is 5.97 Å². The average Bonchev–Trinajstić information content (AvgIpc) is 2.43. The van der Waals surface area contributed by atoms with Crippen molar-refractivity contribution in [2.75, 3.05) is 0 Å². The minimum Gasteiger partial charge on any atom is -0.460 e. The molecule has 4 aliphatic carbocycles. The molecule has 4 bridgehead atoms. The minimum atomic E-state index is -0.601. The van der Waals surface area contributed by atoms with E-state index in [-0.39, 0.29) is 5.97 Å². The van der Waals surface area contributed by atoms with Gasteiger partial charge in [-0.05, 0) is 55.9 Å². The highest BCUT2D eigenvalue weighted by molar-refractivity contribution is 5.77. The molecular formula is C18H22O3. The van der Waals surface area contributed by atoms with Crippen LogP contribution in [-0.2, 0) is 16.1 Å². The Kier molecular flexibility index (Phi) is 2.90. The first-order valence-electron chi connectivity index (χ1n) is 8.01. The Balaban J connectivity index is 1.49. The third-order valence-electron chi connectivity index (χ3n) is 5.68. The molecule has 0 aliphatic heterocycles. The fraction of sp³-hybridized carbons (Fsp3) is 0.611. The minimum absolute atomic E-state index is 0.0844. The number of esters is 1. The number of ether oxygens (including phenoxy) is 1. The van der Waals surface area contributed by atoms with Gasteiger partial charge in [0.05, 0.1) is 11.0 Å². The van der Waals surface area contributed by atoms with Gasteiger partial charge in [0.1, 0.15) is 6.61 Å². The summed E-state index contributed by atoms with van der Waals surface area (Å²) in [6.45, 7) is 0.342. The molecule has 0 aromatic heterocycles. The first kappa shape index (κ1) is 13.3. The standard InChI is InChI=1S/C18H22O3/c19-16(21-11-13-4-2-1-3-5-13)17-7-14-6-15(8-17)10-18(20,9-14)12-17/h1-5,14-15,20H,6-12H2/t14-,15+,17?,18?. The van der Waals surface area contributed by atoms with E-state index >= 15 is 0 Å². The van der Waals surface area contributed by atoms with Gasteiger partial charge in [-0.3, -0.25) is 4.79 Å². The Morgan fingerprint density at radius 1 is 1.14 bits per heavy atom. The Morgan fingerprint density at radius 3 is 2.43 bits per heavy atom. The molecule has 1 N–H and O–H groups in total. The molecule has 0 saturated heterocycles. The number of benzene rings is 1. The van der Waals surface area contributed by atoms with E-state index in [4.69, 9.17) is 4.74 Å². The van der Waals surface area contributed by atoms with Crippen LogP contribution < -0.4 is 0 Å². The Hall–Kier alpha value is -1.35. The van der Waals surface area contributed by atoms with Crippen LogP contribution in [0.1, 0.15) is 44.1 Å². The van der Waals surface area contributed by atoms with Crippen molar-refractivity contribution in [2.24, 2.45) is 17.3 Å². The number of aliphatic hydroxyl groups is 1. The van der Waals surface area contributed by atoms with Crippen molar-refractivity contribution < 1.29 is 14.6 Å². The topological polar surface area (TPSA) is 46.5 Å². The zero-order valence-corrected chi connectivity index (χ0v) is 12.3. The van der Waals surface area contributed by atoms with Crippen molar-refractivity contribution in [1.82, 2.24) is 0 Å². The SMILES string of the molecule is O=C(OCc1ccccc1)C12C[C@@H]3C[C@@H](CC(O)(C3)C1)C2. The van der Waals surface area contributed by atoms with E-state index in [1.807, 2.05) is 30.3 Å². The molecule has 0 spiro atoms. The van der Waals surface area contributed by atoms with Crippen molar-refractivity contribution in [3.63, 3.8) is 0 Å². The third-order valence-corrected chi connectivity index (χ3v) is 5.68. The summed E-state index contributed by atoms with van der Waals surface area (Å²) in [5.41, 5.74) is 0.0120. The molecule has 5 rings (SSSR count). The van der Waals surface area contributed by atoms with Crippen LogP contribution in [0.3, 0.4) is 0 Å². The molecule has 3 heteroatoms. The molecule has 0 radical (unpaired) electrons. The normalized spacial score (nSPS) is 40.2. The summed E-state index contributed by atoms with van der Waals surface area (Å²) < 4.78 is 5.61. The van der Waals surface area contributed by atoms with Gasteiger partial charge in [-0.2, -0.15) is 0 Å². The second kappa shape index (κ2) is 4.57. The van der Waals surface area contributed by atoms with Crippen LogP contribution in [0.15, 0.2) is 30.3 Å². The predicted octanol–water partition coefficient (Wildman–Crippen LogP) is 3.06. The van der Waals surface area contributed by atoms with E-state index in [9.17, 15) is 9.90 Å². The second-order valence-electron chi connectivity index (χ2n) is 7.53. The fourth-order valence-corrected chi connectivity index (χ4v) is 5.33. The van der Waals surface area contributed by atoms with Crippen molar-refractivity contribution in [3.05, 3.63) is 35.9 Å². The van der Waals surface area contributed by atoms with Crippen LogP contribution in [0.25, 0.3) is 0 Å². The van der Waals surface area contributed by atoms with Crippen molar-refractivity contribution in [1.29, 1.82) is 0 Å². The number of hydrogen-bond acceptors (Lipinski definition) is 3. The van der Waals surface area contributed by atoms with Crippen molar-refractivity contribution in [3.8, 4) is 0 Å². The average molecular weight is 286 g/mol. The molecule has 21 heavy (non-hydrogen) atoms. The van der Waals surface area contributed by atoms with E-state index in [2.05, 4.69) is 0 Å². The molecule has 1 aromatic carbocycles. The predicted molar refractivity (Wildman–Crippen MR) is 78.3 cm³/mol. The van der Waals surface area contributed by atoms with Gasteiger partial charge in [-0.25, -0.2) is 0 Å². The number of rotatable bonds is 3. The second-order valence-corrected chi connectivity index (χ2v) is 7.53. The monoisotopic (exact) mass is 286 g/mol. The van der Waals surface area contributed by atoms with Gasteiger partial charge in [0.2, 0.25) is 0 Å². The van der Waals surface area contributed by atoms with E-state index in [0.717, 1.165) is 31.2 Å². The van der Waals surface area contributed by atoms with Crippen molar-refractivity contribution in [2.45, 2.75) is 50.7 Å². The number of carbonyl (C=O) groups excluding carboxylic acids is 1. The maximum Gasteiger partial charge on any atom is 0.312 e. The van der Waals surface area contributed by atoms with Gasteiger partial charge >= 0.3 is 5.97 Å². The molecule has 4 atom stereocenters. The van der Waals surface area contributed by atoms with Gasteiger partial charge in [-0.15, -0.1) is 0 Å². The van der Waals surface area contributed by atoms with E-state index < -0.39 is 11.0 Å². The smallest absolute Gasteiger partial charge is 0.312 e. The quantitative estimate of drug-likeness (QED) is 0.869. The summed E-state index contributed by atoms with van der Waals surface area (Å²) in [7, 11) is 0. The molecule has 1 aromatic rings. The van der Waals surface area contributed by atoms with Crippen LogP contribution in [0.5, 0.6) is 0 Å². The highest BCUT2D eigenvalue weighted by Crippen LogP contribution is 2.61. The largest absolute Gasteiger partial charge is 0.460 e. The van der Waals surface area contributed by atoms with Crippen LogP contribution in [0.4, 0.5) is 0 Å². The lowest BCUT2D eigenvalue weighted by Gasteiger charge is -2.58. The summed E-state index contributed by atoms with van der Waals surface area (Å²) in [4.78, 5) is 12.7. The maximum absolute atomic E-state index is 12.7.